The first kappa shape index (κ1) is 24.1. The van der Waals surface area contributed by atoms with E-state index in [4.69, 9.17) is 10.7 Å². The summed E-state index contributed by atoms with van der Waals surface area (Å²) in [6.07, 6.45) is 6.32. The summed E-state index contributed by atoms with van der Waals surface area (Å²) >= 11 is 4.80. The molecule has 12 heteroatoms. The maximum Gasteiger partial charge on any atom is 0.239 e. The second-order valence-corrected chi connectivity index (χ2v) is 10.9. The van der Waals surface area contributed by atoms with E-state index >= 15 is 0 Å². The molecule has 0 unspecified atom stereocenters. The lowest BCUT2D eigenvalue weighted by molar-refractivity contribution is -0.134. The molecule has 1 amide bonds. The van der Waals surface area contributed by atoms with Gasteiger partial charge < -0.3 is 30.7 Å². The third-order valence-electron chi connectivity index (χ3n) is 6.80. The van der Waals surface area contributed by atoms with Gasteiger partial charge in [-0.15, -0.1) is 0 Å². The van der Waals surface area contributed by atoms with Crippen LogP contribution in [-0.4, -0.2) is 66.2 Å². The van der Waals surface area contributed by atoms with Crippen LogP contribution in [0.25, 0.3) is 11.2 Å². The molecule has 1 atom stereocenters. The van der Waals surface area contributed by atoms with Gasteiger partial charge in [-0.05, 0) is 72.6 Å². The number of carbonyl (C=O) groups excluding carboxylic acids is 1. The van der Waals surface area contributed by atoms with Gasteiger partial charge in [-0.1, -0.05) is 11.8 Å². The van der Waals surface area contributed by atoms with Crippen molar-refractivity contribution < 1.29 is 15.0 Å². The van der Waals surface area contributed by atoms with Gasteiger partial charge in [0.15, 0.2) is 33.6 Å². The Morgan fingerprint density at radius 1 is 1.20 bits per heavy atom. The van der Waals surface area contributed by atoms with Gasteiger partial charge in [0, 0.05) is 29.0 Å². The summed E-state index contributed by atoms with van der Waals surface area (Å²) in [6.45, 7) is 3.21. The molecular formula is C23H28BrN7O3S. The van der Waals surface area contributed by atoms with Crippen LogP contribution >= 0.6 is 27.7 Å². The molecule has 5 N–H and O–H groups in total. The predicted octanol–water partition coefficient (Wildman–Crippen LogP) is 3.11. The SMILES string of the molecule is Nc1ncnc2c1nc(Sc1cc(O)c(O)cc1Br)n2CCC1CCN(C(=O)[C@@H]2CCCN2)CC1. The largest absolute Gasteiger partial charge is 0.504 e. The van der Waals surface area contributed by atoms with Crippen LogP contribution in [0.4, 0.5) is 5.82 Å². The standard InChI is InChI=1S/C23H28BrN7O3S/c24-14-10-16(32)17(33)11-18(14)35-23-29-19-20(25)27-12-28-21(19)31(23)9-5-13-3-7-30(8-4-13)22(34)15-2-1-6-26-15/h10-13,15,26,32-33H,1-9H2,(H2,25,27,28)/t15-/m0/s1. The number of hydrogen-bond acceptors (Lipinski definition) is 9. The molecule has 0 aliphatic carbocycles. The number of nitrogen functional groups attached to an aromatic ring is 1. The zero-order valence-corrected chi connectivity index (χ0v) is 21.6. The number of phenolic OH excluding ortho intramolecular Hbond substituents is 2. The number of anilines is 1. The molecule has 186 valence electrons. The molecule has 0 bridgehead atoms. The second kappa shape index (κ2) is 10.2. The summed E-state index contributed by atoms with van der Waals surface area (Å²) in [5.74, 6) is 0.658. The Hall–Kier alpha value is -2.57. The first-order valence-electron chi connectivity index (χ1n) is 11.8. The fourth-order valence-electron chi connectivity index (χ4n) is 4.79. The van der Waals surface area contributed by atoms with Gasteiger partial charge in [-0.2, -0.15) is 0 Å². The first-order chi connectivity index (χ1) is 16.9. The average Bonchev–Trinajstić information content (AvgIpc) is 3.50. The van der Waals surface area contributed by atoms with Gasteiger partial charge in [0.25, 0.3) is 0 Å². The van der Waals surface area contributed by atoms with Crippen LogP contribution in [0.3, 0.4) is 0 Å². The van der Waals surface area contributed by atoms with E-state index in [1.807, 2.05) is 9.47 Å². The lowest BCUT2D eigenvalue weighted by atomic mass is 9.93. The molecule has 4 heterocycles. The number of nitrogens with two attached hydrogens (primary N) is 1. The van der Waals surface area contributed by atoms with Crippen LogP contribution < -0.4 is 11.1 Å². The zero-order chi connectivity index (χ0) is 24.5. The minimum absolute atomic E-state index is 0.00718. The van der Waals surface area contributed by atoms with Gasteiger partial charge in [-0.3, -0.25) is 4.79 Å². The lowest BCUT2D eigenvalue weighted by Gasteiger charge is -2.33. The van der Waals surface area contributed by atoms with Crippen LogP contribution in [0.2, 0.25) is 0 Å². The molecule has 35 heavy (non-hydrogen) atoms. The van der Waals surface area contributed by atoms with E-state index in [0.29, 0.717) is 44.0 Å². The Labute approximate surface area is 215 Å². The Morgan fingerprint density at radius 3 is 2.71 bits per heavy atom. The number of fused-ring (bicyclic) bond motifs is 1. The summed E-state index contributed by atoms with van der Waals surface area (Å²) < 4.78 is 2.68. The molecule has 5 rings (SSSR count). The van der Waals surface area contributed by atoms with Gasteiger partial charge in [-0.25, -0.2) is 15.0 Å². The molecule has 0 saturated carbocycles. The quantitative estimate of drug-likeness (QED) is 0.334. The Morgan fingerprint density at radius 2 is 1.97 bits per heavy atom. The lowest BCUT2D eigenvalue weighted by Crippen LogP contribution is -2.47. The van der Waals surface area contributed by atoms with Crippen molar-refractivity contribution in [3.8, 4) is 11.5 Å². The van der Waals surface area contributed by atoms with Gasteiger partial charge in [0.05, 0.1) is 6.04 Å². The third kappa shape index (κ3) is 5.05. The number of aromatic nitrogens is 4. The number of nitrogens with one attached hydrogen (secondary N) is 1. The molecule has 2 aromatic heterocycles. The summed E-state index contributed by atoms with van der Waals surface area (Å²) in [7, 11) is 0. The second-order valence-electron chi connectivity index (χ2n) is 9.06. The van der Waals surface area contributed by atoms with E-state index < -0.39 is 0 Å². The van der Waals surface area contributed by atoms with E-state index in [-0.39, 0.29) is 23.4 Å². The van der Waals surface area contributed by atoms with Crippen LogP contribution in [0.1, 0.15) is 32.1 Å². The number of likely N-dealkylation sites (tertiary alicyclic amines) is 1. The van der Waals surface area contributed by atoms with E-state index in [1.54, 1.807) is 0 Å². The predicted molar refractivity (Wildman–Crippen MR) is 136 cm³/mol. The van der Waals surface area contributed by atoms with Gasteiger partial charge in [0.2, 0.25) is 5.91 Å². The number of piperidine rings is 1. The topological polar surface area (TPSA) is 142 Å². The van der Waals surface area contributed by atoms with E-state index in [0.717, 1.165) is 51.7 Å². The number of amides is 1. The highest BCUT2D eigenvalue weighted by molar-refractivity contribution is 9.10. The Balaban J connectivity index is 1.30. The van der Waals surface area contributed by atoms with Gasteiger partial charge >= 0.3 is 0 Å². The number of aryl methyl sites for hydroxylation is 1. The van der Waals surface area contributed by atoms with Crippen molar-refractivity contribution in [1.29, 1.82) is 0 Å². The van der Waals surface area contributed by atoms with Crippen molar-refractivity contribution in [2.75, 3.05) is 25.4 Å². The average molecular weight is 562 g/mol. The highest BCUT2D eigenvalue weighted by atomic mass is 79.9. The normalized spacial score (nSPS) is 19.0. The minimum Gasteiger partial charge on any atom is -0.504 e. The smallest absolute Gasteiger partial charge is 0.239 e. The minimum atomic E-state index is -0.202. The molecule has 2 aliphatic rings. The molecule has 2 fully saturated rings. The van der Waals surface area contributed by atoms with Crippen LogP contribution in [0.15, 0.2) is 33.0 Å². The van der Waals surface area contributed by atoms with Crippen LogP contribution in [-0.2, 0) is 11.3 Å². The number of aromatic hydroxyl groups is 2. The fourth-order valence-corrected chi connectivity index (χ4v) is 6.31. The number of halogens is 1. The molecule has 0 spiro atoms. The monoisotopic (exact) mass is 561 g/mol. The van der Waals surface area contributed by atoms with Crippen LogP contribution in [0.5, 0.6) is 11.5 Å². The molecule has 2 aliphatic heterocycles. The number of nitrogens with zero attached hydrogens (tertiary/aromatic N) is 5. The molecule has 2 saturated heterocycles. The molecular weight excluding hydrogens is 534 g/mol. The maximum atomic E-state index is 12.7. The number of carbonyl (C=O) groups is 1. The van der Waals surface area contributed by atoms with Crippen molar-refractivity contribution in [1.82, 2.24) is 29.7 Å². The van der Waals surface area contributed by atoms with E-state index in [1.165, 1.54) is 30.2 Å². The van der Waals surface area contributed by atoms with Gasteiger partial charge in [0.1, 0.15) is 6.33 Å². The number of rotatable bonds is 6. The Kier molecular flexibility index (Phi) is 7.03. The molecule has 3 aromatic rings. The summed E-state index contributed by atoms with van der Waals surface area (Å²) in [6, 6.07) is 2.94. The number of benzene rings is 1. The molecule has 10 nitrogen and oxygen atoms in total. The molecule has 1 aromatic carbocycles. The maximum absolute atomic E-state index is 12.7. The van der Waals surface area contributed by atoms with Crippen molar-refractivity contribution in [3.05, 3.63) is 22.9 Å². The summed E-state index contributed by atoms with van der Waals surface area (Å²) in [5, 5.41) is 23.7. The van der Waals surface area contributed by atoms with Crippen molar-refractivity contribution in [2.45, 2.75) is 54.7 Å². The number of phenols is 2. The highest BCUT2D eigenvalue weighted by Gasteiger charge is 2.30. The van der Waals surface area contributed by atoms with E-state index in [9.17, 15) is 15.0 Å². The first-order valence-corrected chi connectivity index (χ1v) is 13.4. The summed E-state index contributed by atoms with van der Waals surface area (Å²) in [4.78, 5) is 28.6. The fraction of sp³-hybridized carbons (Fsp3) is 0.478. The summed E-state index contributed by atoms with van der Waals surface area (Å²) in [5.41, 5.74) is 7.29. The Bertz CT molecular complexity index is 1240. The molecule has 0 radical (unpaired) electrons. The zero-order valence-electron chi connectivity index (χ0n) is 19.2. The number of hydrogen-bond donors (Lipinski definition) is 4. The highest BCUT2D eigenvalue weighted by Crippen LogP contribution is 2.40. The van der Waals surface area contributed by atoms with Crippen LogP contribution in [0, 0.1) is 5.92 Å². The third-order valence-corrected chi connectivity index (χ3v) is 8.77. The number of imidazole rings is 1. The van der Waals surface area contributed by atoms with Crippen molar-refractivity contribution in [3.63, 3.8) is 0 Å². The van der Waals surface area contributed by atoms with Crippen molar-refractivity contribution in [2.24, 2.45) is 5.92 Å². The van der Waals surface area contributed by atoms with Crippen molar-refractivity contribution >= 4 is 50.6 Å². The van der Waals surface area contributed by atoms with E-state index in [2.05, 4.69) is 31.2 Å².